The van der Waals surface area contributed by atoms with E-state index in [-0.39, 0.29) is 35.7 Å². The molecule has 1 aromatic heterocycles. The number of aliphatic imine (C=N–C) groups is 1. The van der Waals surface area contributed by atoms with E-state index in [0.717, 1.165) is 49.8 Å². The lowest BCUT2D eigenvalue weighted by Crippen LogP contribution is -2.52. The minimum Gasteiger partial charge on any atom is -0.459 e. The van der Waals surface area contributed by atoms with Gasteiger partial charge in [-0.25, -0.2) is 4.39 Å². The van der Waals surface area contributed by atoms with E-state index in [9.17, 15) is 9.18 Å². The Bertz CT molecular complexity index is 832. The Labute approximate surface area is 193 Å². The van der Waals surface area contributed by atoms with Crippen molar-refractivity contribution in [3.05, 3.63) is 53.7 Å². The maximum Gasteiger partial charge on any atom is 0.287 e. The first-order valence-electron chi connectivity index (χ1n) is 9.87. The minimum atomic E-state index is -0.215. The van der Waals surface area contributed by atoms with Gasteiger partial charge in [-0.15, -0.1) is 24.0 Å². The number of amides is 1. The SMILES string of the molecule is CN=C(NCCCNC(=O)c1occc1C)N1CCN(c2ccc(F)cc2)CC1.I. The number of anilines is 1. The van der Waals surface area contributed by atoms with Gasteiger partial charge < -0.3 is 24.9 Å². The van der Waals surface area contributed by atoms with Gasteiger partial charge in [-0.2, -0.15) is 0 Å². The van der Waals surface area contributed by atoms with Gasteiger partial charge >= 0.3 is 0 Å². The highest BCUT2D eigenvalue weighted by atomic mass is 127. The first kappa shape index (κ1) is 24.0. The minimum absolute atomic E-state index is 0. The van der Waals surface area contributed by atoms with Crippen LogP contribution in [0.15, 0.2) is 46.0 Å². The zero-order valence-corrected chi connectivity index (χ0v) is 19.7. The molecule has 0 spiro atoms. The van der Waals surface area contributed by atoms with Crippen LogP contribution in [0.4, 0.5) is 10.1 Å². The van der Waals surface area contributed by atoms with E-state index in [1.807, 2.05) is 19.1 Å². The summed E-state index contributed by atoms with van der Waals surface area (Å²) >= 11 is 0. The summed E-state index contributed by atoms with van der Waals surface area (Å²) < 4.78 is 18.3. The van der Waals surface area contributed by atoms with E-state index < -0.39 is 0 Å². The summed E-state index contributed by atoms with van der Waals surface area (Å²) in [7, 11) is 1.77. The Morgan fingerprint density at radius 1 is 1.10 bits per heavy atom. The first-order chi connectivity index (χ1) is 14.1. The lowest BCUT2D eigenvalue weighted by molar-refractivity contribution is 0.0925. The number of nitrogens with zero attached hydrogens (tertiary/aromatic N) is 3. The standard InChI is InChI=1S/C21H28FN5O2.HI/c1-16-8-15-29-19(16)20(28)24-9-3-10-25-21(23-2)27-13-11-26(12-14-27)18-6-4-17(22)5-7-18;/h4-8,15H,3,9-14H2,1-2H3,(H,23,25)(H,24,28);1H. The molecule has 2 aromatic rings. The molecule has 0 unspecified atom stereocenters. The second kappa shape index (κ2) is 11.8. The topological polar surface area (TPSA) is 73.1 Å². The third-order valence-corrected chi connectivity index (χ3v) is 4.97. The van der Waals surface area contributed by atoms with Gasteiger partial charge in [-0.05, 0) is 43.7 Å². The molecule has 9 heteroatoms. The summed E-state index contributed by atoms with van der Waals surface area (Å²) in [5, 5.41) is 6.22. The van der Waals surface area contributed by atoms with Crippen molar-refractivity contribution in [3.8, 4) is 0 Å². The number of guanidine groups is 1. The Kier molecular flexibility index (Phi) is 9.41. The summed E-state index contributed by atoms with van der Waals surface area (Å²) in [5.74, 6) is 0.825. The fourth-order valence-corrected chi connectivity index (χ4v) is 3.34. The van der Waals surface area contributed by atoms with Gasteiger partial charge in [-0.3, -0.25) is 9.79 Å². The van der Waals surface area contributed by atoms with Crippen molar-refractivity contribution < 1.29 is 13.6 Å². The molecule has 0 bridgehead atoms. The summed E-state index contributed by atoms with van der Waals surface area (Å²) in [6.45, 7) is 6.50. The van der Waals surface area contributed by atoms with Gasteiger partial charge in [0.1, 0.15) is 5.82 Å². The monoisotopic (exact) mass is 529 g/mol. The molecule has 0 atom stereocenters. The van der Waals surface area contributed by atoms with Crippen LogP contribution < -0.4 is 15.5 Å². The van der Waals surface area contributed by atoms with Gasteiger partial charge in [0, 0.05) is 57.6 Å². The lowest BCUT2D eigenvalue weighted by atomic mass is 10.2. The van der Waals surface area contributed by atoms with Crippen molar-refractivity contribution in [1.29, 1.82) is 0 Å². The fourth-order valence-electron chi connectivity index (χ4n) is 3.34. The molecule has 0 saturated carbocycles. The van der Waals surface area contributed by atoms with Crippen LogP contribution in [-0.4, -0.2) is 63.1 Å². The Hall–Kier alpha value is -2.30. The van der Waals surface area contributed by atoms with Crippen LogP contribution in [0.5, 0.6) is 0 Å². The maximum absolute atomic E-state index is 13.1. The fraction of sp³-hybridized carbons (Fsp3) is 0.429. The van der Waals surface area contributed by atoms with Gasteiger partial charge in [0.2, 0.25) is 0 Å². The molecule has 2 N–H and O–H groups in total. The quantitative estimate of drug-likeness (QED) is 0.261. The zero-order chi connectivity index (χ0) is 20.6. The highest BCUT2D eigenvalue weighted by molar-refractivity contribution is 14.0. The van der Waals surface area contributed by atoms with E-state index in [0.29, 0.717) is 18.8 Å². The van der Waals surface area contributed by atoms with Gasteiger partial charge in [0.25, 0.3) is 5.91 Å². The highest BCUT2D eigenvalue weighted by Gasteiger charge is 2.19. The molecular weight excluding hydrogens is 500 g/mol. The van der Waals surface area contributed by atoms with Crippen LogP contribution in [-0.2, 0) is 0 Å². The molecule has 1 aliphatic rings. The number of piperazine rings is 1. The van der Waals surface area contributed by atoms with Crippen LogP contribution in [0.25, 0.3) is 0 Å². The summed E-state index contributed by atoms with van der Waals surface area (Å²) in [6.07, 6.45) is 2.30. The molecule has 1 aromatic carbocycles. The van der Waals surface area contributed by atoms with Crippen LogP contribution in [0.1, 0.15) is 22.5 Å². The van der Waals surface area contributed by atoms with E-state index in [1.54, 1.807) is 13.1 Å². The van der Waals surface area contributed by atoms with Crippen LogP contribution >= 0.6 is 24.0 Å². The second-order valence-corrected chi connectivity index (χ2v) is 6.97. The van der Waals surface area contributed by atoms with E-state index in [2.05, 4.69) is 25.4 Å². The molecule has 1 saturated heterocycles. The predicted molar refractivity (Wildman–Crippen MR) is 127 cm³/mol. The predicted octanol–water partition coefficient (Wildman–Crippen LogP) is 2.86. The number of rotatable bonds is 6. The number of furan rings is 1. The molecule has 0 radical (unpaired) electrons. The molecule has 164 valence electrons. The smallest absolute Gasteiger partial charge is 0.287 e. The number of hydrogen-bond acceptors (Lipinski definition) is 4. The van der Waals surface area contributed by atoms with Crippen molar-refractivity contribution in [2.24, 2.45) is 4.99 Å². The number of hydrogen-bond donors (Lipinski definition) is 2. The van der Waals surface area contributed by atoms with Crippen molar-refractivity contribution in [1.82, 2.24) is 15.5 Å². The lowest BCUT2D eigenvalue weighted by Gasteiger charge is -2.37. The van der Waals surface area contributed by atoms with E-state index >= 15 is 0 Å². The van der Waals surface area contributed by atoms with Crippen molar-refractivity contribution in [2.45, 2.75) is 13.3 Å². The molecule has 0 aliphatic carbocycles. The van der Waals surface area contributed by atoms with Crippen LogP contribution in [0, 0.1) is 12.7 Å². The number of carbonyl (C=O) groups is 1. The molecule has 2 heterocycles. The Morgan fingerprint density at radius 3 is 2.37 bits per heavy atom. The Morgan fingerprint density at radius 2 is 1.77 bits per heavy atom. The largest absolute Gasteiger partial charge is 0.459 e. The normalized spacial score (nSPS) is 14.3. The molecule has 1 fully saturated rings. The number of aryl methyl sites for hydroxylation is 1. The van der Waals surface area contributed by atoms with E-state index in [4.69, 9.17) is 4.42 Å². The number of carbonyl (C=O) groups excluding carboxylic acids is 1. The van der Waals surface area contributed by atoms with Crippen molar-refractivity contribution in [3.63, 3.8) is 0 Å². The van der Waals surface area contributed by atoms with Crippen LogP contribution in [0.2, 0.25) is 0 Å². The zero-order valence-electron chi connectivity index (χ0n) is 17.4. The molecule has 1 aliphatic heterocycles. The van der Waals surface area contributed by atoms with Crippen molar-refractivity contribution >= 4 is 41.5 Å². The molecular formula is C21H29FIN5O2. The Balaban J connectivity index is 0.00000320. The summed E-state index contributed by atoms with van der Waals surface area (Å²) in [4.78, 5) is 20.8. The number of nitrogens with one attached hydrogen (secondary N) is 2. The molecule has 30 heavy (non-hydrogen) atoms. The number of halogens is 2. The maximum atomic E-state index is 13.1. The summed E-state index contributed by atoms with van der Waals surface area (Å²) in [6, 6.07) is 8.39. The number of benzene rings is 1. The third kappa shape index (κ3) is 6.35. The second-order valence-electron chi connectivity index (χ2n) is 6.97. The summed E-state index contributed by atoms with van der Waals surface area (Å²) in [5.41, 5.74) is 1.87. The molecule has 7 nitrogen and oxygen atoms in total. The van der Waals surface area contributed by atoms with Crippen molar-refractivity contribution in [2.75, 3.05) is 51.2 Å². The van der Waals surface area contributed by atoms with Gasteiger partial charge in [0.05, 0.1) is 6.26 Å². The van der Waals surface area contributed by atoms with E-state index in [1.165, 1.54) is 18.4 Å². The molecule has 3 rings (SSSR count). The van der Waals surface area contributed by atoms with Crippen LogP contribution in [0.3, 0.4) is 0 Å². The van der Waals surface area contributed by atoms with Gasteiger partial charge in [-0.1, -0.05) is 0 Å². The molecule has 1 amide bonds. The third-order valence-electron chi connectivity index (χ3n) is 4.97. The van der Waals surface area contributed by atoms with Gasteiger partial charge in [0.15, 0.2) is 11.7 Å². The average molecular weight is 529 g/mol. The average Bonchev–Trinajstić information content (AvgIpc) is 3.17. The first-order valence-corrected chi connectivity index (χ1v) is 9.87. The highest BCUT2D eigenvalue weighted by Crippen LogP contribution is 2.17.